The van der Waals surface area contributed by atoms with Crippen LogP contribution < -0.4 is 14.8 Å². The van der Waals surface area contributed by atoms with E-state index in [0.29, 0.717) is 40.6 Å². The lowest BCUT2D eigenvalue weighted by atomic mass is 9.99. The van der Waals surface area contributed by atoms with E-state index in [2.05, 4.69) is 15.3 Å². The number of ether oxygens (including phenoxy) is 2. The van der Waals surface area contributed by atoms with Gasteiger partial charge < -0.3 is 35.2 Å². The van der Waals surface area contributed by atoms with Crippen LogP contribution in [0.4, 0.5) is 0 Å². The normalized spacial score (nSPS) is 12.0. The molecule has 2 atom stereocenters. The third-order valence-corrected chi connectivity index (χ3v) is 6.48. The summed E-state index contributed by atoms with van der Waals surface area (Å²) in [4.78, 5) is 31.7. The molecule has 0 fully saturated rings. The Morgan fingerprint density at radius 3 is 1.84 bits per heavy atom. The zero-order valence-electron chi connectivity index (χ0n) is 24.6. The van der Waals surface area contributed by atoms with Crippen LogP contribution in [0.25, 0.3) is 0 Å². The van der Waals surface area contributed by atoms with Crippen molar-refractivity contribution in [2.75, 3.05) is 33.9 Å². The Hall–Kier alpha value is -5.20. The number of aromatic hydroxyl groups is 2. The summed E-state index contributed by atoms with van der Waals surface area (Å²) in [6.45, 7) is 1.32. The lowest BCUT2D eigenvalue weighted by molar-refractivity contribution is -0.139. The number of nitrogens with zero attached hydrogens (tertiary/aromatic N) is 3. The highest BCUT2D eigenvalue weighted by atomic mass is 16.5. The number of methoxy groups -OCH3 is 2. The Bertz CT molecular complexity index is 1500. The predicted octanol–water partition coefficient (Wildman–Crippen LogP) is 3.85. The van der Waals surface area contributed by atoms with E-state index in [0.717, 1.165) is 6.92 Å². The van der Waals surface area contributed by atoms with Crippen molar-refractivity contribution in [2.45, 2.75) is 19.0 Å². The van der Waals surface area contributed by atoms with Gasteiger partial charge >= 0.3 is 5.97 Å². The first-order chi connectivity index (χ1) is 21.1. The van der Waals surface area contributed by atoms with Gasteiger partial charge in [0.25, 0.3) is 5.97 Å². The van der Waals surface area contributed by atoms with Crippen LogP contribution >= 0.6 is 0 Å². The van der Waals surface area contributed by atoms with E-state index in [4.69, 9.17) is 19.4 Å². The number of carboxylic acid groups (broad SMARTS) is 2. The summed E-state index contributed by atoms with van der Waals surface area (Å²) in [5.41, 5.74) is 2.27. The van der Waals surface area contributed by atoms with Crippen molar-refractivity contribution in [1.29, 1.82) is 0 Å². The predicted molar refractivity (Wildman–Crippen MR) is 162 cm³/mol. The molecule has 0 amide bonds. The standard InChI is InChI=1S/C30H32N4O6.C2H4O2/c1-39-20-9-11-26(35)22(17-20)29(24-7-3-5-13-31-24)33-15-16-34(19-28(37)38)30(25-8-4-6-14-32-25)23-18-21(40-2)10-12-27(23)36;1-2(3)4/h3-14,17-18,29-30,33,35-36H,15-16,19H2,1-2H3,(H,37,38);1H3,(H,3,4). The number of carbonyl (C=O) groups is 2. The molecule has 232 valence electrons. The molecular formula is C32H36N4O8. The van der Waals surface area contributed by atoms with Crippen LogP contribution in [0, 0.1) is 0 Å². The minimum Gasteiger partial charge on any atom is -0.508 e. The molecule has 0 radical (unpaired) electrons. The smallest absolute Gasteiger partial charge is 0.317 e. The van der Waals surface area contributed by atoms with Gasteiger partial charge in [-0.15, -0.1) is 0 Å². The number of phenolic OH excluding ortho intramolecular Hbond substituents is 2. The highest BCUT2D eigenvalue weighted by Gasteiger charge is 2.29. The topological polar surface area (TPSA) is 175 Å². The van der Waals surface area contributed by atoms with E-state index < -0.39 is 24.0 Å². The molecule has 0 aliphatic rings. The summed E-state index contributed by atoms with van der Waals surface area (Å²) in [6, 6.07) is 19.5. The molecular weight excluding hydrogens is 568 g/mol. The lowest BCUT2D eigenvalue weighted by Crippen LogP contribution is -2.40. The average Bonchev–Trinajstić information content (AvgIpc) is 3.01. The fourth-order valence-electron chi connectivity index (χ4n) is 4.60. The minimum absolute atomic E-state index is 0.00698. The van der Waals surface area contributed by atoms with Crippen molar-refractivity contribution in [3.05, 3.63) is 108 Å². The van der Waals surface area contributed by atoms with E-state index in [-0.39, 0.29) is 24.6 Å². The minimum atomic E-state index is -1.03. The number of hydrogen-bond donors (Lipinski definition) is 5. The van der Waals surface area contributed by atoms with Crippen molar-refractivity contribution < 1.29 is 39.5 Å². The lowest BCUT2D eigenvalue weighted by Gasteiger charge is -2.32. The van der Waals surface area contributed by atoms with E-state index in [1.165, 1.54) is 13.2 Å². The largest absolute Gasteiger partial charge is 0.508 e. The van der Waals surface area contributed by atoms with Gasteiger partial charge in [0, 0.05) is 43.5 Å². The SMILES string of the molecule is CC(=O)O.COc1ccc(O)c(C(NCCN(CC(=O)O)C(c2ccccn2)c2cc(OC)ccc2O)c2ccccn2)c1. The Morgan fingerprint density at radius 1 is 0.818 bits per heavy atom. The number of phenols is 2. The number of aromatic nitrogens is 2. The molecule has 2 aromatic carbocycles. The highest BCUT2D eigenvalue weighted by molar-refractivity contribution is 5.69. The van der Waals surface area contributed by atoms with Gasteiger partial charge in [-0.25, -0.2) is 0 Å². The quantitative estimate of drug-likeness (QED) is 0.149. The molecule has 2 heterocycles. The Kier molecular flexibility index (Phi) is 12.4. The fraction of sp³-hybridized carbons (Fsp3) is 0.250. The summed E-state index contributed by atoms with van der Waals surface area (Å²) in [6.07, 6.45) is 3.29. The van der Waals surface area contributed by atoms with Crippen molar-refractivity contribution in [1.82, 2.24) is 20.2 Å². The number of rotatable bonds is 13. The van der Waals surface area contributed by atoms with Crippen LogP contribution in [-0.4, -0.2) is 81.1 Å². The number of carboxylic acids is 2. The van der Waals surface area contributed by atoms with Gasteiger partial charge in [0.2, 0.25) is 0 Å². The number of aliphatic carboxylic acids is 2. The summed E-state index contributed by atoms with van der Waals surface area (Å²) < 4.78 is 10.7. The Balaban J connectivity index is 0.00000124. The van der Waals surface area contributed by atoms with Crippen LogP contribution in [0.15, 0.2) is 85.2 Å². The van der Waals surface area contributed by atoms with Crippen LogP contribution in [-0.2, 0) is 9.59 Å². The molecule has 4 aromatic rings. The van der Waals surface area contributed by atoms with Gasteiger partial charge in [0.1, 0.15) is 23.0 Å². The molecule has 5 N–H and O–H groups in total. The number of hydrogen-bond acceptors (Lipinski definition) is 10. The van der Waals surface area contributed by atoms with E-state index >= 15 is 0 Å². The molecule has 2 unspecified atom stereocenters. The average molecular weight is 605 g/mol. The molecule has 0 aliphatic carbocycles. The summed E-state index contributed by atoms with van der Waals surface area (Å²) in [5, 5.41) is 42.2. The van der Waals surface area contributed by atoms with Crippen LogP contribution in [0.3, 0.4) is 0 Å². The third-order valence-electron chi connectivity index (χ3n) is 6.48. The first kappa shape index (κ1) is 33.3. The number of benzene rings is 2. The van der Waals surface area contributed by atoms with E-state index in [9.17, 15) is 20.1 Å². The van der Waals surface area contributed by atoms with Crippen LogP contribution in [0.1, 0.15) is 41.5 Å². The van der Waals surface area contributed by atoms with Crippen LogP contribution in [0.2, 0.25) is 0 Å². The molecule has 0 aliphatic heterocycles. The maximum atomic E-state index is 12.0. The number of nitrogens with one attached hydrogen (secondary N) is 1. The zero-order valence-corrected chi connectivity index (χ0v) is 24.6. The van der Waals surface area contributed by atoms with E-state index in [1.807, 2.05) is 18.2 Å². The molecule has 2 aromatic heterocycles. The monoisotopic (exact) mass is 604 g/mol. The number of pyridine rings is 2. The molecule has 0 saturated heterocycles. The van der Waals surface area contributed by atoms with Gasteiger partial charge in [-0.05, 0) is 60.7 Å². The summed E-state index contributed by atoms with van der Waals surface area (Å²) in [7, 11) is 3.07. The van der Waals surface area contributed by atoms with Gasteiger partial charge in [-0.2, -0.15) is 0 Å². The zero-order chi connectivity index (χ0) is 32.1. The fourth-order valence-corrected chi connectivity index (χ4v) is 4.60. The summed E-state index contributed by atoms with van der Waals surface area (Å²) in [5.74, 6) is -0.709. The first-order valence-electron chi connectivity index (χ1n) is 13.6. The maximum Gasteiger partial charge on any atom is 0.317 e. The first-order valence-corrected chi connectivity index (χ1v) is 13.6. The van der Waals surface area contributed by atoms with Gasteiger partial charge in [0.05, 0.1) is 44.2 Å². The van der Waals surface area contributed by atoms with Crippen molar-refractivity contribution in [2.24, 2.45) is 0 Å². The Labute approximate surface area is 255 Å². The van der Waals surface area contributed by atoms with Gasteiger partial charge in [-0.1, -0.05) is 12.1 Å². The maximum absolute atomic E-state index is 12.0. The van der Waals surface area contributed by atoms with Gasteiger partial charge in [0.15, 0.2) is 0 Å². The molecule has 12 nitrogen and oxygen atoms in total. The van der Waals surface area contributed by atoms with Crippen molar-refractivity contribution >= 4 is 11.9 Å². The molecule has 12 heteroatoms. The molecule has 0 bridgehead atoms. The Morgan fingerprint density at radius 2 is 1.34 bits per heavy atom. The molecule has 44 heavy (non-hydrogen) atoms. The third kappa shape index (κ3) is 9.41. The molecule has 0 saturated carbocycles. The molecule has 0 spiro atoms. The van der Waals surface area contributed by atoms with Gasteiger partial charge in [-0.3, -0.25) is 24.5 Å². The van der Waals surface area contributed by atoms with Crippen LogP contribution in [0.5, 0.6) is 23.0 Å². The second-order valence-corrected chi connectivity index (χ2v) is 9.53. The molecule has 4 rings (SSSR count). The second kappa shape index (κ2) is 16.4. The second-order valence-electron chi connectivity index (χ2n) is 9.53. The summed E-state index contributed by atoms with van der Waals surface area (Å²) >= 11 is 0. The van der Waals surface area contributed by atoms with Crippen molar-refractivity contribution in [3.63, 3.8) is 0 Å². The van der Waals surface area contributed by atoms with Crippen molar-refractivity contribution in [3.8, 4) is 23.0 Å². The highest BCUT2D eigenvalue weighted by Crippen LogP contribution is 2.36. The van der Waals surface area contributed by atoms with E-state index in [1.54, 1.807) is 72.9 Å².